The van der Waals surface area contributed by atoms with Gasteiger partial charge in [-0.25, -0.2) is 4.98 Å². The zero-order chi connectivity index (χ0) is 19.2. The maximum atomic E-state index is 12.7. The van der Waals surface area contributed by atoms with E-state index in [4.69, 9.17) is 11.5 Å². The van der Waals surface area contributed by atoms with E-state index in [0.717, 1.165) is 24.0 Å². The van der Waals surface area contributed by atoms with Gasteiger partial charge in [-0.05, 0) is 55.2 Å². The number of anilines is 1. The van der Waals surface area contributed by atoms with Crippen molar-refractivity contribution in [2.45, 2.75) is 25.3 Å². The van der Waals surface area contributed by atoms with Gasteiger partial charge in [0.15, 0.2) is 5.69 Å². The largest absolute Gasteiger partial charge is 0.383 e. The number of nitrogens with two attached hydrogens (primary N) is 2. The molecule has 1 aromatic carbocycles. The molecule has 1 saturated carbocycles. The van der Waals surface area contributed by atoms with Crippen LogP contribution in [0.1, 0.15) is 50.5 Å². The molecule has 0 unspecified atom stereocenters. The second kappa shape index (κ2) is 6.05. The van der Waals surface area contributed by atoms with Gasteiger partial charge in [0, 0.05) is 11.8 Å². The third-order valence-corrected chi connectivity index (χ3v) is 5.13. The first-order chi connectivity index (χ1) is 12.9. The summed E-state index contributed by atoms with van der Waals surface area (Å²) in [5, 5.41) is 0. The maximum Gasteiger partial charge on any atom is 0.248 e. The lowest BCUT2D eigenvalue weighted by Crippen LogP contribution is -2.23. The number of amides is 1. The molecule has 136 valence electrons. The molecule has 2 heterocycles. The molecule has 0 spiro atoms. The molecule has 0 atom stereocenters. The van der Waals surface area contributed by atoms with E-state index in [1.807, 2.05) is 23.6 Å². The number of hydrogen-bond donors (Lipinski definition) is 2. The number of carbonyl (C=O) groups excluding carboxylic acids is 2. The third-order valence-electron chi connectivity index (χ3n) is 5.13. The molecule has 1 aliphatic rings. The van der Waals surface area contributed by atoms with E-state index in [1.54, 1.807) is 36.8 Å². The number of ketones is 1. The van der Waals surface area contributed by atoms with Crippen LogP contribution >= 0.6 is 0 Å². The number of pyridine rings is 1. The van der Waals surface area contributed by atoms with Crippen LogP contribution in [0.2, 0.25) is 0 Å². The predicted molar refractivity (Wildman–Crippen MR) is 100 cm³/mol. The number of hydrogen-bond acceptors (Lipinski definition) is 5. The minimum Gasteiger partial charge on any atom is -0.383 e. The van der Waals surface area contributed by atoms with Crippen LogP contribution < -0.4 is 11.5 Å². The summed E-state index contributed by atoms with van der Waals surface area (Å²) in [4.78, 5) is 32.6. The molecule has 0 radical (unpaired) electrons. The summed E-state index contributed by atoms with van der Waals surface area (Å²) >= 11 is 0. The lowest BCUT2D eigenvalue weighted by molar-refractivity contribution is 0.0998. The predicted octanol–water partition coefficient (Wildman–Crippen LogP) is 2.04. The fraction of sp³-hybridized carbons (Fsp3) is 0.200. The average molecular weight is 361 g/mol. The Balaban J connectivity index is 1.77. The van der Waals surface area contributed by atoms with E-state index in [2.05, 4.69) is 9.97 Å². The molecule has 0 aliphatic heterocycles. The van der Waals surface area contributed by atoms with E-state index in [1.165, 1.54) is 0 Å². The third kappa shape index (κ3) is 2.68. The normalized spacial score (nSPS) is 14.7. The Hall–Kier alpha value is -3.48. The summed E-state index contributed by atoms with van der Waals surface area (Å²) in [7, 11) is 0. The van der Waals surface area contributed by atoms with Gasteiger partial charge >= 0.3 is 0 Å². The number of imidazole rings is 1. The lowest BCUT2D eigenvalue weighted by atomic mass is 9.96. The highest BCUT2D eigenvalue weighted by molar-refractivity contribution is 6.09. The first kappa shape index (κ1) is 17.0. The standard InChI is InChI=1S/C20H19N5O2/c1-12-5-6-13(19(22)27)10-14(12)20(7-8-20)25-11-24-16(18(25)21)17(26)15-4-2-3-9-23-15/h2-6,9-11H,7-8,21H2,1H3,(H2,22,27). The minimum absolute atomic E-state index is 0.184. The second-order valence-electron chi connectivity index (χ2n) is 6.82. The van der Waals surface area contributed by atoms with Gasteiger partial charge in [-0.1, -0.05) is 12.1 Å². The fourth-order valence-electron chi connectivity index (χ4n) is 3.53. The molecule has 0 saturated heterocycles. The van der Waals surface area contributed by atoms with Crippen molar-refractivity contribution in [3.63, 3.8) is 0 Å². The quantitative estimate of drug-likeness (QED) is 0.674. The van der Waals surface area contributed by atoms with Crippen molar-refractivity contribution in [1.82, 2.24) is 14.5 Å². The van der Waals surface area contributed by atoms with E-state index in [-0.39, 0.29) is 11.5 Å². The number of aryl methyl sites for hydroxylation is 1. The molecule has 2 aromatic heterocycles. The van der Waals surface area contributed by atoms with Crippen molar-refractivity contribution in [2.75, 3.05) is 5.73 Å². The zero-order valence-corrected chi connectivity index (χ0v) is 14.8. The van der Waals surface area contributed by atoms with Gasteiger partial charge in [-0.3, -0.25) is 14.6 Å². The highest BCUT2D eigenvalue weighted by Gasteiger charge is 2.48. The van der Waals surface area contributed by atoms with E-state index >= 15 is 0 Å². The lowest BCUT2D eigenvalue weighted by Gasteiger charge is -2.22. The monoisotopic (exact) mass is 361 g/mol. The zero-order valence-electron chi connectivity index (χ0n) is 14.8. The number of carbonyl (C=O) groups is 2. The van der Waals surface area contributed by atoms with Crippen LogP contribution in [0.4, 0.5) is 5.82 Å². The van der Waals surface area contributed by atoms with Gasteiger partial charge in [0.2, 0.25) is 11.7 Å². The highest BCUT2D eigenvalue weighted by atomic mass is 16.1. The molecular weight excluding hydrogens is 342 g/mol. The van der Waals surface area contributed by atoms with Crippen LogP contribution in [0.5, 0.6) is 0 Å². The first-order valence-corrected chi connectivity index (χ1v) is 8.64. The van der Waals surface area contributed by atoms with Crippen LogP contribution in [-0.2, 0) is 5.54 Å². The summed E-state index contributed by atoms with van der Waals surface area (Å²) in [5.74, 6) is -0.492. The number of aromatic nitrogens is 3. The fourth-order valence-corrected chi connectivity index (χ4v) is 3.53. The summed E-state index contributed by atoms with van der Waals surface area (Å²) in [6.45, 7) is 1.98. The average Bonchev–Trinajstić information content (AvgIpc) is 3.38. The van der Waals surface area contributed by atoms with Crippen molar-refractivity contribution in [3.8, 4) is 0 Å². The number of rotatable bonds is 5. The molecule has 7 heteroatoms. The molecule has 1 fully saturated rings. The van der Waals surface area contributed by atoms with Crippen LogP contribution in [0.25, 0.3) is 0 Å². The Morgan fingerprint density at radius 2 is 1.93 bits per heavy atom. The minimum atomic E-state index is -0.475. The van der Waals surface area contributed by atoms with Crippen LogP contribution in [0.15, 0.2) is 48.9 Å². The first-order valence-electron chi connectivity index (χ1n) is 8.64. The molecule has 1 aliphatic carbocycles. The molecule has 3 aromatic rings. The molecule has 0 bridgehead atoms. The van der Waals surface area contributed by atoms with E-state index in [0.29, 0.717) is 17.1 Å². The van der Waals surface area contributed by atoms with Gasteiger partial charge in [-0.15, -0.1) is 0 Å². The van der Waals surface area contributed by atoms with Crippen molar-refractivity contribution in [1.29, 1.82) is 0 Å². The van der Waals surface area contributed by atoms with E-state index in [9.17, 15) is 9.59 Å². The molecule has 7 nitrogen and oxygen atoms in total. The number of benzene rings is 1. The van der Waals surface area contributed by atoms with Crippen molar-refractivity contribution >= 4 is 17.5 Å². The van der Waals surface area contributed by atoms with Crippen LogP contribution in [0, 0.1) is 6.92 Å². The van der Waals surface area contributed by atoms with E-state index < -0.39 is 11.4 Å². The summed E-state index contributed by atoms with van der Waals surface area (Å²) in [5.41, 5.74) is 14.3. The Kier molecular flexibility index (Phi) is 3.80. The second-order valence-corrected chi connectivity index (χ2v) is 6.82. The van der Waals surface area contributed by atoms with Crippen LogP contribution in [0.3, 0.4) is 0 Å². The molecule has 27 heavy (non-hydrogen) atoms. The van der Waals surface area contributed by atoms with Gasteiger partial charge in [-0.2, -0.15) is 0 Å². The van der Waals surface area contributed by atoms with Crippen molar-refractivity contribution in [2.24, 2.45) is 5.73 Å². The van der Waals surface area contributed by atoms with Gasteiger partial charge in [0.1, 0.15) is 11.5 Å². The topological polar surface area (TPSA) is 117 Å². The molecular formula is C20H19N5O2. The Morgan fingerprint density at radius 1 is 1.15 bits per heavy atom. The summed E-state index contributed by atoms with van der Waals surface area (Å²) < 4.78 is 1.83. The molecule has 4 rings (SSSR count). The number of nitrogens with zero attached hydrogens (tertiary/aromatic N) is 3. The Bertz CT molecular complexity index is 1050. The Morgan fingerprint density at radius 3 is 2.56 bits per heavy atom. The number of nitrogen functional groups attached to an aromatic ring is 1. The van der Waals surface area contributed by atoms with Crippen molar-refractivity contribution < 1.29 is 9.59 Å². The van der Waals surface area contributed by atoms with Gasteiger partial charge < -0.3 is 16.0 Å². The maximum absolute atomic E-state index is 12.7. The molecule has 4 N–H and O–H groups in total. The molecule has 1 amide bonds. The summed E-state index contributed by atoms with van der Waals surface area (Å²) in [6, 6.07) is 10.5. The highest BCUT2D eigenvalue weighted by Crippen LogP contribution is 2.52. The Labute approximate surface area is 156 Å². The summed E-state index contributed by atoms with van der Waals surface area (Å²) in [6.07, 6.45) is 4.83. The smallest absolute Gasteiger partial charge is 0.248 e. The van der Waals surface area contributed by atoms with Crippen molar-refractivity contribution in [3.05, 3.63) is 77.0 Å². The van der Waals surface area contributed by atoms with Gasteiger partial charge in [0.25, 0.3) is 0 Å². The number of primary amides is 1. The van der Waals surface area contributed by atoms with Crippen LogP contribution in [-0.4, -0.2) is 26.2 Å². The SMILES string of the molecule is Cc1ccc(C(N)=O)cc1C1(n2cnc(C(=O)c3ccccn3)c2N)CC1. The van der Waals surface area contributed by atoms with Gasteiger partial charge in [0.05, 0.1) is 11.9 Å².